The highest BCUT2D eigenvalue weighted by molar-refractivity contribution is 9.10. The van der Waals surface area contributed by atoms with E-state index in [9.17, 15) is 24.0 Å². The monoisotopic (exact) mass is 737 g/mol. The predicted octanol–water partition coefficient (Wildman–Crippen LogP) is 6.18. The molecule has 0 spiro atoms. The van der Waals surface area contributed by atoms with Gasteiger partial charge in [0.15, 0.2) is 0 Å². The maximum Gasteiger partial charge on any atom is 0.349 e. The van der Waals surface area contributed by atoms with E-state index >= 15 is 0 Å². The number of ether oxygens (including phenoxy) is 2. The van der Waals surface area contributed by atoms with Crippen molar-refractivity contribution in [2.45, 2.75) is 69.5 Å². The molecule has 1 aromatic carbocycles. The van der Waals surface area contributed by atoms with Crippen molar-refractivity contribution < 1.29 is 38.3 Å². The smallest absolute Gasteiger partial charge is 0.349 e. The molecule has 2 amide bonds. The van der Waals surface area contributed by atoms with Crippen LogP contribution in [0.1, 0.15) is 70.7 Å². The van der Waals surface area contributed by atoms with Crippen LogP contribution < -0.4 is 0 Å². The second kappa shape index (κ2) is 15.8. The molecule has 228 valence electrons. The molecule has 0 bridgehead atoms. The second-order valence-corrected chi connectivity index (χ2v) is 16.7. The third kappa shape index (κ3) is 11.2. The van der Waals surface area contributed by atoms with Crippen molar-refractivity contribution in [3.63, 3.8) is 0 Å². The van der Waals surface area contributed by atoms with Crippen molar-refractivity contribution in [2.24, 2.45) is 10.8 Å². The number of carbonyl (C=O) groups excluding carboxylic acids is 5. The summed E-state index contributed by atoms with van der Waals surface area (Å²) in [5.41, 5.74) is -0.585. The first-order valence-corrected chi connectivity index (χ1v) is 17.3. The average molecular weight is 740 g/mol. The van der Waals surface area contributed by atoms with Crippen LogP contribution in [0.5, 0.6) is 0 Å². The van der Waals surface area contributed by atoms with Gasteiger partial charge in [-0.25, -0.2) is 4.79 Å². The third-order valence-electron chi connectivity index (χ3n) is 6.22. The summed E-state index contributed by atoms with van der Waals surface area (Å²) in [5, 5.41) is 0.481. The molecule has 9 nitrogen and oxygen atoms in total. The molecule has 1 aliphatic heterocycles. The zero-order valence-electron chi connectivity index (χ0n) is 23.9. The van der Waals surface area contributed by atoms with Gasteiger partial charge in [0.05, 0.1) is 10.8 Å². The number of imide groups is 1. The van der Waals surface area contributed by atoms with Crippen molar-refractivity contribution in [3.05, 3.63) is 35.9 Å². The fourth-order valence-corrected chi connectivity index (χ4v) is 7.51. The Kier molecular flexibility index (Phi) is 13.7. The van der Waals surface area contributed by atoms with Crippen LogP contribution >= 0.6 is 53.4 Å². The minimum Gasteiger partial charge on any atom is -0.464 e. The number of benzene rings is 1. The Morgan fingerprint density at radius 2 is 1.34 bits per heavy atom. The molecule has 0 saturated carbocycles. The number of halogens is 2. The van der Waals surface area contributed by atoms with Crippen molar-refractivity contribution in [2.75, 3.05) is 24.7 Å². The number of alkyl halides is 2. The fraction of sp³-hybridized carbons (Fsp3) is 0.607. The van der Waals surface area contributed by atoms with Crippen LogP contribution in [0.2, 0.25) is 0 Å². The Hall–Kier alpha value is -1.57. The number of hydrogen-bond donors (Lipinski definition) is 0. The molecule has 1 aliphatic rings. The first-order valence-electron chi connectivity index (χ1n) is 13.1. The summed E-state index contributed by atoms with van der Waals surface area (Å²) in [7, 11) is 3.01. The van der Waals surface area contributed by atoms with E-state index in [1.807, 2.05) is 44.2 Å². The SMILES string of the molecule is CC(C)(CC(Br)c1ccccc1)C(=O)OCCSSCCOC(=O)C(C)(C)CC(C)(Br)C(=O)ON1C(=O)CCC1=O. The maximum absolute atomic E-state index is 12.7. The summed E-state index contributed by atoms with van der Waals surface area (Å²) in [6.45, 7) is 8.99. The van der Waals surface area contributed by atoms with Gasteiger partial charge < -0.3 is 14.3 Å². The minimum atomic E-state index is -1.33. The van der Waals surface area contributed by atoms with E-state index in [4.69, 9.17) is 14.3 Å². The molecule has 2 unspecified atom stereocenters. The Morgan fingerprint density at radius 1 is 0.854 bits per heavy atom. The van der Waals surface area contributed by atoms with Crippen molar-refractivity contribution in [3.8, 4) is 0 Å². The Labute approximate surface area is 266 Å². The zero-order chi connectivity index (χ0) is 30.8. The molecule has 41 heavy (non-hydrogen) atoms. The molecule has 2 atom stereocenters. The van der Waals surface area contributed by atoms with E-state index in [1.54, 1.807) is 13.8 Å². The standard InChI is InChI=1S/C28H37Br2NO8S2/c1-26(2,17-20(29)19-9-7-6-8-10-19)23(34)37-13-15-40-41-16-14-38-24(35)27(3,4)18-28(5,30)25(36)39-31-21(32)11-12-22(31)33/h6-10,20H,11-18H2,1-5H3. The van der Waals surface area contributed by atoms with E-state index in [0.717, 1.165) is 5.56 Å². The van der Waals surface area contributed by atoms with Gasteiger partial charge in [0.25, 0.3) is 11.8 Å². The topological polar surface area (TPSA) is 116 Å². The largest absolute Gasteiger partial charge is 0.464 e. The van der Waals surface area contributed by atoms with Gasteiger partial charge in [-0.1, -0.05) is 83.8 Å². The van der Waals surface area contributed by atoms with Crippen LogP contribution in [0, 0.1) is 10.8 Å². The summed E-state index contributed by atoms with van der Waals surface area (Å²) in [6.07, 6.45) is 0.608. The lowest BCUT2D eigenvalue weighted by Crippen LogP contribution is -2.43. The van der Waals surface area contributed by atoms with Crippen LogP contribution in [0.3, 0.4) is 0 Å². The molecule has 1 aromatic rings. The highest BCUT2D eigenvalue weighted by atomic mass is 79.9. The normalized spacial score (nSPS) is 16.2. The Balaban J connectivity index is 1.64. The van der Waals surface area contributed by atoms with Gasteiger partial charge in [-0.15, -0.1) is 5.06 Å². The predicted molar refractivity (Wildman–Crippen MR) is 166 cm³/mol. The molecule has 0 aliphatic carbocycles. The second-order valence-electron chi connectivity index (χ2n) is 11.1. The molecule has 0 aromatic heterocycles. The van der Waals surface area contributed by atoms with Crippen LogP contribution in [0.4, 0.5) is 0 Å². The van der Waals surface area contributed by atoms with Gasteiger partial charge in [-0.2, -0.15) is 0 Å². The molecule has 1 fully saturated rings. The number of carbonyl (C=O) groups is 5. The molecule has 13 heteroatoms. The Bertz CT molecular complexity index is 1080. The third-order valence-corrected chi connectivity index (χ3v) is 10.0. The number of rotatable bonds is 16. The summed E-state index contributed by atoms with van der Waals surface area (Å²) in [4.78, 5) is 66.4. The summed E-state index contributed by atoms with van der Waals surface area (Å²) in [6, 6.07) is 9.93. The van der Waals surface area contributed by atoms with E-state index in [-0.39, 0.29) is 43.3 Å². The zero-order valence-corrected chi connectivity index (χ0v) is 28.7. The minimum absolute atomic E-state index is 0.00444. The molecule has 2 rings (SSSR count). The summed E-state index contributed by atoms with van der Waals surface area (Å²) in [5.74, 6) is -1.62. The number of nitrogens with zero attached hydrogens (tertiary/aromatic N) is 1. The highest BCUT2D eigenvalue weighted by Gasteiger charge is 2.45. The van der Waals surface area contributed by atoms with Crippen molar-refractivity contribution in [1.82, 2.24) is 5.06 Å². The lowest BCUT2D eigenvalue weighted by atomic mass is 9.83. The fourth-order valence-electron chi connectivity index (χ4n) is 3.97. The van der Waals surface area contributed by atoms with Gasteiger partial charge in [-0.05, 0) is 53.0 Å². The first kappa shape index (κ1) is 35.6. The molecule has 0 N–H and O–H groups in total. The van der Waals surface area contributed by atoms with Crippen LogP contribution in [0.15, 0.2) is 30.3 Å². The van der Waals surface area contributed by atoms with Gasteiger partial charge in [0, 0.05) is 29.2 Å². The first-order chi connectivity index (χ1) is 19.1. The molecule has 1 saturated heterocycles. The molecular formula is C28H37Br2NO8S2. The maximum atomic E-state index is 12.7. The number of hydroxylamine groups is 2. The van der Waals surface area contributed by atoms with Gasteiger partial charge in [0.1, 0.15) is 17.5 Å². The number of hydrogen-bond acceptors (Lipinski definition) is 10. The van der Waals surface area contributed by atoms with E-state index in [2.05, 4.69) is 31.9 Å². The lowest BCUT2D eigenvalue weighted by molar-refractivity contribution is -0.199. The van der Waals surface area contributed by atoms with Gasteiger partial charge in [0.2, 0.25) is 0 Å². The van der Waals surface area contributed by atoms with Crippen molar-refractivity contribution in [1.29, 1.82) is 0 Å². The van der Waals surface area contributed by atoms with E-state index < -0.39 is 38.9 Å². The van der Waals surface area contributed by atoms with Gasteiger partial charge >= 0.3 is 17.9 Å². The summed E-state index contributed by atoms with van der Waals surface area (Å²) < 4.78 is 9.57. The molecule has 1 heterocycles. The Morgan fingerprint density at radius 3 is 1.85 bits per heavy atom. The number of amides is 2. The average Bonchev–Trinajstić information content (AvgIpc) is 3.21. The van der Waals surface area contributed by atoms with Gasteiger partial charge in [-0.3, -0.25) is 19.2 Å². The lowest BCUT2D eigenvalue weighted by Gasteiger charge is -2.30. The van der Waals surface area contributed by atoms with Crippen molar-refractivity contribution >= 4 is 83.2 Å². The van der Waals surface area contributed by atoms with Crippen LogP contribution in [-0.2, 0) is 38.3 Å². The van der Waals surface area contributed by atoms with Crippen LogP contribution in [-0.4, -0.2) is 63.8 Å². The molecule has 0 radical (unpaired) electrons. The summed E-state index contributed by atoms with van der Waals surface area (Å²) >= 11 is 6.95. The highest BCUT2D eigenvalue weighted by Crippen LogP contribution is 2.38. The van der Waals surface area contributed by atoms with E-state index in [1.165, 1.54) is 28.5 Å². The number of esters is 2. The van der Waals surface area contributed by atoms with E-state index in [0.29, 0.717) is 23.0 Å². The quantitative estimate of drug-likeness (QED) is 0.0640. The molecular weight excluding hydrogens is 702 g/mol. The van der Waals surface area contributed by atoms with Crippen LogP contribution in [0.25, 0.3) is 0 Å².